The predicted molar refractivity (Wildman–Crippen MR) is 176 cm³/mol. The Morgan fingerprint density at radius 3 is 1.94 bits per heavy atom. The highest BCUT2D eigenvalue weighted by Gasteiger charge is 2.56. The first-order valence-corrected chi connectivity index (χ1v) is 16.1. The molecule has 0 aliphatic carbocycles. The number of methoxy groups -OCH3 is 2. The predicted octanol–water partition coefficient (Wildman–Crippen LogP) is 3.55. The van der Waals surface area contributed by atoms with Crippen LogP contribution >= 0.6 is 0 Å². The second-order valence-electron chi connectivity index (χ2n) is 13.0. The minimum Gasteiger partial charge on any atom is -0.469 e. The average molecular weight is 664 g/mol. The number of aromatic amines is 2. The molecule has 3 aromatic heterocycles. The molecule has 0 aromatic carbocycles. The van der Waals surface area contributed by atoms with E-state index in [4.69, 9.17) is 19.4 Å². The second-order valence-corrected chi connectivity index (χ2v) is 13.0. The number of carbonyl (C=O) groups is 2. The Morgan fingerprint density at radius 2 is 1.31 bits per heavy atom. The van der Waals surface area contributed by atoms with Crippen LogP contribution in [0.4, 0.5) is 0 Å². The highest BCUT2D eigenvalue weighted by Crippen LogP contribution is 2.48. The quantitative estimate of drug-likeness (QED) is 0.192. The molecule has 5 heterocycles. The molecule has 4 unspecified atom stereocenters. The Balaban J connectivity index is 1.95. The number of aromatic nitrogens is 5. The van der Waals surface area contributed by atoms with Crippen molar-refractivity contribution in [2.45, 2.75) is 102 Å². The van der Waals surface area contributed by atoms with Crippen molar-refractivity contribution in [3.8, 4) is 0 Å². The zero-order valence-electron chi connectivity index (χ0n) is 28.7. The Morgan fingerprint density at radius 1 is 0.729 bits per heavy atom. The number of aryl methyl sites for hydroxylation is 4. The number of nitrogens with zero attached hydrogens (tertiary/aromatic N) is 3. The second kappa shape index (κ2) is 12.4. The summed E-state index contributed by atoms with van der Waals surface area (Å²) in [4.78, 5) is 45.2. The lowest BCUT2D eigenvalue weighted by molar-refractivity contribution is -0.161. The van der Waals surface area contributed by atoms with Crippen LogP contribution in [0.15, 0.2) is 18.2 Å². The Labute approximate surface area is 278 Å². The van der Waals surface area contributed by atoms with Crippen LogP contribution in [0, 0.1) is 13.8 Å². The van der Waals surface area contributed by atoms with Gasteiger partial charge in [0.05, 0.1) is 31.3 Å². The SMILES string of the molecule is CCc1c(C)c2cc3nc(nc4[nH]c(cc5nc(cc1[nH]2)C(O)(CC)C5(C)O)c(CCC(=O)OC)c4C)C(C)(O)C3(O)CCC(=O)OC. The minimum absolute atomic E-state index is 0.0509. The van der Waals surface area contributed by atoms with Gasteiger partial charge in [0.25, 0.3) is 0 Å². The van der Waals surface area contributed by atoms with Crippen molar-refractivity contribution in [2.75, 3.05) is 14.2 Å². The van der Waals surface area contributed by atoms with E-state index in [0.29, 0.717) is 34.1 Å². The van der Waals surface area contributed by atoms with Gasteiger partial charge in [-0.15, -0.1) is 0 Å². The molecule has 0 saturated carbocycles. The third kappa shape index (κ3) is 5.38. The largest absolute Gasteiger partial charge is 0.469 e. The molecule has 2 aliphatic heterocycles. The van der Waals surface area contributed by atoms with Gasteiger partial charge < -0.3 is 39.9 Å². The summed E-state index contributed by atoms with van der Waals surface area (Å²) in [5, 5.41) is 48.0. The van der Waals surface area contributed by atoms with Crippen LogP contribution in [0.1, 0.15) is 98.5 Å². The Kier molecular flexibility index (Phi) is 9.06. The highest BCUT2D eigenvalue weighted by atomic mass is 16.5. The lowest BCUT2D eigenvalue weighted by Gasteiger charge is -2.34. The summed E-state index contributed by atoms with van der Waals surface area (Å²) in [6.45, 7) is 10.4. The minimum atomic E-state index is -2.04. The van der Waals surface area contributed by atoms with Crippen molar-refractivity contribution in [2.24, 2.45) is 0 Å². The van der Waals surface area contributed by atoms with Crippen molar-refractivity contribution in [3.63, 3.8) is 0 Å². The molecule has 48 heavy (non-hydrogen) atoms. The van der Waals surface area contributed by atoms with Crippen molar-refractivity contribution >= 4 is 34.1 Å². The molecule has 8 bridgehead atoms. The summed E-state index contributed by atoms with van der Waals surface area (Å²) in [5.41, 5.74) is -2.03. The van der Waals surface area contributed by atoms with Crippen LogP contribution < -0.4 is 0 Å². The molecule has 0 radical (unpaired) electrons. The molecule has 13 nitrogen and oxygen atoms in total. The van der Waals surface area contributed by atoms with E-state index >= 15 is 0 Å². The fraction of sp³-hybridized carbons (Fsp3) is 0.514. The van der Waals surface area contributed by atoms with Gasteiger partial charge in [0.2, 0.25) is 0 Å². The zero-order valence-corrected chi connectivity index (χ0v) is 28.7. The fourth-order valence-electron chi connectivity index (χ4n) is 6.88. The lowest BCUT2D eigenvalue weighted by atomic mass is 9.80. The summed E-state index contributed by atoms with van der Waals surface area (Å²) in [5.74, 6) is -1.08. The van der Waals surface area contributed by atoms with Crippen molar-refractivity contribution in [3.05, 3.63) is 63.4 Å². The fourth-order valence-corrected chi connectivity index (χ4v) is 6.88. The van der Waals surface area contributed by atoms with Gasteiger partial charge in [-0.3, -0.25) is 14.6 Å². The van der Waals surface area contributed by atoms with E-state index in [1.165, 1.54) is 28.1 Å². The first kappa shape index (κ1) is 35.1. The van der Waals surface area contributed by atoms with Gasteiger partial charge in [-0.2, -0.15) is 0 Å². The van der Waals surface area contributed by atoms with E-state index in [2.05, 4.69) is 15.0 Å². The smallest absolute Gasteiger partial charge is 0.305 e. The maximum atomic E-state index is 12.2. The van der Waals surface area contributed by atoms with E-state index in [-0.39, 0.29) is 60.7 Å². The number of nitrogens with one attached hydrogen (secondary N) is 2. The van der Waals surface area contributed by atoms with Crippen molar-refractivity contribution in [1.82, 2.24) is 24.9 Å². The number of H-pyrrole nitrogens is 2. The molecule has 0 fully saturated rings. The number of hydrogen-bond acceptors (Lipinski definition) is 11. The third-order valence-corrected chi connectivity index (χ3v) is 10.3. The molecule has 2 aliphatic rings. The van der Waals surface area contributed by atoms with Gasteiger partial charge >= 0.3 is 11.9 Å². The number of carbonyl (C=O) groups excluding carboxylic acids is 2. The van der Waals surface area contributed by atoms with Crippen LogP contribution in [-0.2, 0) is 54.3 Å². The maximum Gasteiger partial charge on any atom is 0.305 e. The number of fused-ring (bicyclic) bond motifs is 8. The van der Waals surface area contributed by atoms with Gasteiger partial charge in [0.15, 0.2) is 11.4 Å². The topological polar surface area (TPSA) is 204 Å². The van der Waals surface area contributed by atoms with Crippen molar-refractivity contribution < 1.29 is 39.5 Å². The van der Waals surface area contributed by atoms with E-state index in [1.807, 2.05) is 13.8 Å². The molecule has 0 amide bonds. The van der Waals surface area contributed by atoms with Crippen LogP contribution in [-0.4, -0.2) is 71.5 Å². The standard InChI is InChI=1S/C35H45N5O8/c1-9-20-18(3)22-15-27-35(46,14-13-29(42)48-8)33(6,44)31(39-27)40-30-19(4)21(11-12-28(41)47-7)24(37-30)16-25-32(5,43)34(45,10-2)26(38-25)17-23(20)36-22/h15-17,36,43-46H,9-14H2,1-8H3,(H,37,39,40). The van der Waals surface area contributed by atoms with E-state index in [0.717, 1.165) is 11.1 Å². The third-order valence-electron chi connectivity index (χ3n) is 10.3. The van der Waals surface area contributed by atoms with E-state index in [9.17, 15) is 30.0 Å². The molecule has 13 heteroatoms. The summed E-state index contributed by atoms with van der Waals surface area (Å²) in [7, 11) is 2.56. The molecule has 5 rings (SSSR count). The van der Waals surface area contributed by atoms with Crippen molar-refractivity contribution in [1.29, 1.82) is 0 Å². The summed E-state index contributed by atoms with van der Waals surface area (Å²) >= 11 is 0. The normalized spacial score (nSPS) is 25.2. The van der Waals surface area contributed by atoms with Gasteiger partial charge in [-0.1, -0.05) is 13.8 Å². The molecular formula is C35H45N5O8. The number of rotatable bonds is 8. The molecule has 4 atom stereocenters. The van der Waals surface area contributed by atoms with Gasteiger partial charge in [0.1, 0.15) is 22.5 Å². The summed E-state index contributed by atoms with van der Waals surface area (Å²) in [6, 6.07) is 4.98. The lowest BCUT2D eigenvalue weighted by Crippen LogP contribution is -2.44. The zero-order chi connectivity index (χ0) is 35.4. The van der Waals surface area contributed by atoms with Gasteiger partial charge in [0, 0.05) is 29.4 Å². The maximum absolute atomic E-state index is 12.2. The Bertz CT molecular complexity index is 1940. The van der Waals surface area contributed by atoms with Crippen LogP contribution in [0.3, 0.4) is 0 Å². The molecule has 258 valence electrons. The van der Waals surface area contributed by atoms with E-state index < -0.39 is 34.3 Å². The molecule has 6 N–H and O–H groups in total. The number of esters is 2. The molecule has 3 aromatic rings. The summed E-state index contributed by atoms with van der Waals surface area (Å²) < 4.78 is 9.70. The number of aliphatic hydroxyl groups is 4. The number of hydrogen-bond donors (Lipinski definition) is 6. The molecular weight excluding hydrogens is 618 g/mol. The molecule has 0 spiro atoms. The monoisotopic (exact) mass is 663 g/mol. The van der Waals surface area contributed by atoms with Crippen LogP contribution in [0.2, 0.25) is 0 Å². The van der Waals surface area contributed by atoms with E-state index in [1.54, 1.807) is 32.0 Å². The average Bonchev–Trinajstić information content (AvgIpc) is 3.63. The first-order valence-electron chi connectivity index (χ1n) is 16.1. The van der Waals surface area contributed by atoms with Crippen LogP contribution in [0.25, 0.3) is 22.2 Å². The summed E-state index contributed by atoms with van der Waals surface area (Å²) in [6.07, 6.45) is 0.656. The Hall–Kier alpha value is -4.17. The molecule has 0 saturated heterocycles. The van der Waals surface area contributed by atoms with Crippen LogP contribution in [0.5, 0.6) is 0 Å². The number of ether oxygens (including phenoxy) is 2. The highest BCUT2D eigenvalue weighted by molar-refractivity contribution is 5.74. The first-order chi connectivity index (χ1) is 22.5. The van der Waals surface area contributed by atoms with Gasteiger partial charge in [-0.25, -0.2) is 9.97 Å². The van der Waals surface area contributed by atoms with Gasteiger partial charge in [-0.05, 0) is 93.8 Å².